The van der Waals surface area contributed by atoms with Crippen molar-refractivity contribution in [3.63, 3.8) is 0 Å². The quantitative estimate of drug-likeness (QED) is 0.0668. The molecule has 0 spiro atoms. The molecule has 0 aromatic rings. The average molecular weight is 509 g/mol. The molecule has 218 valence electrons. The van der Waals surface area contributed by atoms with Crippen LogP contribution in [0.15, 0.2) is 0 Å². The topological polar surface area (TPSA) is 0 Å². The maximum Gasteiger partial charge on any atom is 0.0861 e. The number of hydrogen-bond donors (Lipinski definition) is 0. The number of nitrogens with zero attached hydrogens (tertiary/aromatic N) is 1. The minimum Gasteiger partial charge on any atom is -0.321 e. The minimum atomic E-state index is 0.863. The number of unbranched alkanes of at least 4 members (excludes halogenated alkanes) is 21. The molecular formula is C35H74N+. The van der Waals surface area contributed by atoms with E-state index >= 15 is 0 Å². The monoisotopic (exact) mass is 509 g/mol. The zero-order valence-electron chi connectivity index (χ0n) is 26.5. The van der Waals surface area contributed by atoms with Crippen LogP contribution in [0.3, 0.4) is 0 Å². The molecule has 1 unspecified atom stereocenters. The summed E-state index contributed by atoms with van der Waals surface area (Å²) in [5.74, 6) is 0. The van der Waals surface area contributed by atoms with Gasteiger partial charge >= 0.3 is 0 Å². The van der Waals surface area contributed by atoms with Gasteiger partial charge in [0, 0.05) is 0 Å². The third kappa shape index (κ3) is 21.0. The van der Waals surface area contributed by atoms with Crippen molar-refractivity contribution in [3.8, 4) is 0 Å². The Morgan fingerprint density at radius 3 is 0.889 bits per heavy atom. The molecule has 0 rings (SSSR count). The molecule has 0 aliphatic carbocycles. The van der Waals surface area contributed by atoms with Gasteiger partial charge in [-0.15, -0.1) is 0 Å². The molecule has 0 radical (unpaired) electrons. The third-order valence-corrected chi connectivity index (χ3v) is 9.03. The molecule has 0 heterocycles. The summed E-state index contributed by atoms with van der Waals surface area (Å²) in [5, 5.41) is 0. The fourth-order valence-corrected chi connectivity index (χ4v) is 6.29. The number of hydrogen-bond acceptors (Lipinski definition) is 0. The zero-order chi connectivity index (χ0) is 26.6. The van der Waals surface area contributed by atoms with E-state index in [1.807, 2.05) is 0 Å². The number of quaternary nitrogens is 1. The summed E-state index contributed by atoms with van der Waals surface area (Å²) in [6, 6.07) is 0.863. The van der Waals surface area contributed by atoms with Crippen molar-refractivity contribution in [1.29, 1.82) is 0 Å². The first-order valence-electron chi connectivity index (χ1n) is 17.5. The lowest BCUT2D eigenvalue weighted by Crippen LogP contribution is -2.56. The van der Waals surface area contributed by atoms with Crippen molar-refractivity contribution < 1.29 is 4.48 Å². The smallest absolute Gasteiger partial charge is 0.0861 e. The van der Waals surface area contributed by atoms with Gasteiger partial charge in [-0.25, -0.2) is 0 Å². The second-order valence-corrected chi connectivity index (χ2v) is 12.5. The Labute approximate surface area is 231 Å². The van der Waals surface area contributed by atoms with Crippen molar-refractivity contribution in [3.05, 3.63) is 0 Å². The Morgan fingerprint density at radius 2 is 0.583 bits per heavy atom. The summed E-state index contributed by atoms with van der Waals surface area (Å²) < 4.78 is 1.46. The van der Waals surface area contributed by atoms with Gasteiger partial charge in [-0.1, -0.05) is 143 Å². The van der Waals surface area contributed by atoms with Gasteiger partial charge in [-0.05, 0) is 58.3 Å². The first-order valence-corrected chi connectivity index (χ1v) is 17.5. The van der Waals surface area contributed by atoms with Crippen molar-refractivity contribution in [2.45, 2.75) is 208 Å². The molecule has 1 atom stereocenters. The van der Waals surface area contributed by atoms with Gasteiger partial charge < -0.3 is 4.48 Å². The maximum absolute atomic E-state index is 2.65. The maximum atomic E-state index is 2.65. The molecule has 0 bridgehead atoms. The van der Waals surface area contributed by atoms with E-state index in [4.69, 9.17) is 0 Å². The summed E-state index contributed by atoms with van der Waals surface area (Å²) in [6.07, 6.45) is 37.6. The summed E-state index contributed by atoms with van der Waals surface area (Å²) in [4.78, 5) is 0. The van der Waals surface area contributed by atoms with Crippen molar-refractivity contribution in [2.24, 2.45) is 0 Å². The normalized spacial score (nSPS) is 12.9. The van der Waals surface area contributed by atoms with Crippen LogP contribution in [0.1, 0.15) is 202 Å². The Hall–Kier alpha value is -0.0400. The molecule has 0 N–H and O–H groups in total. The third-order valence-electron chi connectivity index (χ3n) is 9.03. The number of rotatable bonds is 30. The van der Waals surface area contributed by atoms with Crippen LogP contribution in [-0.4, -0.2) is 30.2 Å². The molecular weight excluding hydrogens is 434 g/mol. The van der Waals surface area contributed by atoms with Gasteiger partial charge in [0.05, 0.1) is 25.7 Å². The van der Waals surface area contributed by atoms with Gasteiger partial charge in [-0.3, -0.25) is 0 Å². The van der Waals surface area contributed by atoms with E-state index in [0.717, 1.165) is 6.04 Å². The van der Waals surface area contributed by atoms with Crippen molar-refractivity contribution >= 4 is 0 Å². The molecule has 0 saturated heterocycles. The van der Waals surface area contributed by atoms with Gasteiger partial charge in [0.15, 0.2) is 0 Å². The lowest BCUT2D eigenvalue weighted by Gasteiger charge is -2.45. The minimum absolute atomic E-state index is 0.863. The van der Waals surface area contributed by atoms with E-state index in [-0.39, 0.29) is 0 Å². The zero-order valence-corrected chi connectivity index (χ0v) is 26.5. The highest BCUT2D eigenvalue weighted by Gasteiger charge is 2.32. The Bertz CT molecular complexity index is 387. The standard InChI is InChI=1S/C35H74N/c1-6-10-14-18-21-22-26-30-34-36(32-28-24-19-15-11-7-2,33-29-25-20-16-12-8-3)35(5)31-27-23-17-13-9-4/h35H,6-34H2,1-5H3/q+1. The summed E-state index contributed by atoms with van der Waals surface area (Å²) >= 11 is 0. The summed E-state index contributed by atoms with van der Waals surface area (Å²) in [7, 11) is 0. The predicted octanol–water partition coefficient (Wildman–Crippen LogP) is 12.4. The van der Waals surface area contributed by atoms with E-state index < -0.39 is 0 Å². The van der Waals surface area contributed by atoms with Crippen LogP contribution in [0.2, 0.25) is 0 Å². The van der Waals surface area contributed by atoms with Crippen LogP contribution in [-0.2, 0) is 0 Å². The average Bonchev–Trinajstić information content (AvgIpc) is 2.89. The SMILES string of the molecule is CCCCCCCCCC[N+](CCCCCCCC)(CCCCCCCC)C(C)CCCCCCC. The highest BCUT2D eigenvalue weighted by Crippen LogP contribution is 2.25. The first-order chi connectivity index (χ1) is 17.7. The van der Waals surface area contributed by atoms with Gasteiger partial charge in [0.25, 0.3) is 0 Å². The molecule has 1 heteroatoms. The molecule has 36 heavy (non-hydrogen) atoms. The Kier molecular flexibility index (Phi) is 27.9. The van der Waals surface area contributed by atoms with E-state index in [1.165, 1.54) is 191 Å². The second-order valence-electron chi connectivity index (χ2n) is 12.5. The lowest BCUT2D eigenvalue weighted by atomic mass is 9.99. The van der Waals surface area contributed by atoms with E-state index in [1.54, 1.807) is 0 Å². The Balaban J connectivity index is 4.95. The second kappa shape index (κ2) is 28.0. The fourth-order valence-electron chi connectivity index (χ4n) is 6.29. The highest BCUT2D eigenvalue weighted by molar-refractivity contribution is 4.61. The molecule has 0 aromatic heterocycles. The first kappa shape index (κ1) is 36.0. The molecule has 0 aromatic carbocycles. The fraction of sp³-hybridized carbons (Fsp3) is 1.00. The Morgan fingerprint density at radius 1 is 0.333 bits per heavy atom. The van der Waals surface area contributed by atoms with Crippen LogP contribution in [0, 0.1) is 0 Å². The van der Waals surface area contributed by atoms with Crippen LogP contribution < -0.4 is 0 Å². The highest BCUT2D eigenvalue weighted by atomic mass is 15.4. The van der Waals surface area contributed by atoms with E-state index in [9.17, 15) is 0 Å². The summed E-state index contributed by atoms with van der Waals surface area (Å²) in [6.45, 7) is 16.4. The van der Waals surface area contributed by atoms with Gasteiger partial charge in [-0.2, -0.15) is 0 Å². The van der Waals surface area contributed by atoms with Crippen LogP contribution in [0.5, 0.6) is 0 Å². The van der Waals surface area contributed by atoms with Crippen molar-refractivity contribution in [2.75, 3.05) is 19.6 Å². The summed E-state index contributed by atoms with van der Waals surface area (Å²) in [5.41, 5.74) is 0. The molecule has 0 aliphatic heterocycles. The predicted molar refractivity (Wildman–Crippen MR) is 167 cm³/mol. The van der Waals surface area contributed by atoms with Gasteiger partial charge in [0.1, 0.15) is 0 Å². The van der Waals surface area contributed by atoms with Crippen LogP contribution in [0.4, 0.5) is 0 Å². The van der Waals surface area contributed by atoms with Crippen LogP contribution >= 0.6 is 0 Å². The molecule has 0 saturated carbocycles. The largest absolute Gasteiger partial charge is 0.321 e. The lowest BCUT2D eigenvalue weighted by molar-refractivity contribution is -0.950. The molecule has 0 amide bonds. The van der Waals surface area contributed by atoms with Gasteiger partial charge in [0.2, 0.25) is 0 Å². The molecule has 0 aliphatic rings. The van der Waals surface area contributed by atoms with Crippen LogP contribution in [0.25, 0.3) is 0 Å². The van der Waals surface area contributed by atoms with Crippen molar-refractivity contribution in [1.82, 2.24) is 0 Å². The molecule has 1 nitrogen and oxygen atoms in total. The molecule has 0 fully saturated rings. The van der Waals surface area contributed by atoms with E-state index in [2.05, 4.69) is 34.6 Å². The van der Waals surface area contributed by atoms with E-state index in [0.29, 0.717) is 0 Å².